The molecule has 0 aliphatic carbocycles. The predicted octanol–water partition coefficient (Wildman–Crippen LogP) is -0.140. The van der Waals surface area contributed by atoms with Gasteiger partial charge in [-0.1, -0.05) is 30.3 Å². The third-order valence-corrected chi connectivity index (χ3v) is 2.30. The van der Waals surface area contributed by atoms with Crippen molar-refractivity contribution in [2.24, 2.45) is 5.84 Å². The number of rotatable bonds is 5. The van der Waals surface area contributed by atoms with E-state index in [2.05, 4.69) is 5.32 Å². The highest BCUT2D eigenvalue weighted by atomic mass is 16.5. The monoisotopic (exact) mass is 265 g/mol. The number of hydrazine groups is 1. The molecular formula is C12H15N3O4. The summed E-state index contributed by atoms with van der Waals surface area (Å²) in [5.41, 5.74) is 2.51. The Balaban J connectivity index is 2.39. The Kier molecular flexibility index (Phi) is 5.49. The fraction of sp³-hybridized carbons (Fsp3) is 0.250. The maximum absolute atomic E-state index is 11.4. The summed E-state index contributed by atoms with van der Waals surface area (Å²) in [5, 5.41) is 2.24. The van der Waals surface area contributed by atoms with Gasteiger partial charge in [-0.2, -0.15) is 0 Å². The van der Waals surface area contributed by atoms with Crippen LogP contribution >= 0.6 is 0 Å². The summed E-state index contributed by atoms with van der Waals surface area (Å²) in [6.07, 6.45) is -0.783. The van der Waals surface area contributed by atoms with Crippen LogP contribution in [0.15, 0.2) is 30.3 Å². The van der Waals surface area contributed by atoms with Gasteiger partial charge >= 0.3 is 12.0 Å². The molecule has 7 nitrogen and oxygen atoms in total. The number of benzene rings is 1. The van der Waals surface area contributed by atoms with Crippen molar-refractivity contribution >= 4 is 17.8 Å². The Bertz CT molecular complexity index is 461. The Morgan fingerprint density at radius 3 is 2.47 bits per heavy atom. The van der Waals surface area contributed by atoms with Crippen LogP contribution in [-0.2, 0) is 20.9 Å². The topological polar surface area (TPSA) is 111 Å². The van der Waals surface area contributed by atoms with Gasteiger partial charge in [0.2, 0.25) is 5.78 Å². The van der Waals surface area contributed by atoms with E-state index in [0.29, 0.717) is 0 Å². The average Bonchev–Trinajstić information content (AvgIpc) is 2.44. The zero-order chi connectivity index (χ0) is 14.3. The Morgan fingerprint density at radius 2 is 1.89 bits per heavy atom. The molecule has 0 aliphatic heterocycles. The van der Waals surface area contributed by atoms with E-state index < -0.39 is 23.8 Å². The second kappa shape index (κ2) is 7.12. The van der Waals surface area contributed by atoms with Crippen molar-refractivity contribution in [2.75, 3.05) is 0 Å². The quantitative estimate of drug-likeness (QED) is 0.297. The molecule has 0 radical (unpaired) electrons. The Morgan fingerprint density at radius 1 is 1.26 bits per heavy atom. The van der Waals surface area contributed by atoms with Crippen LogP contribution in [0, 0.1) is 0 Å². The Hall–Kier alpha value is -2.41. The summed E-state index contributed by atoms with van der Waals surface area (Å²) in [4.78, 5) is 33.7. The number of ketones is 1. The maximum Gasteiger partial charge on any atom is 0.408 e. The predicted molar refractivity (Wildman–Crippen MR) is 66.6 cm³/mol. The lowest BCUT2D eigenvalue weighted by Crippen LogP contribution is -2.47. The highest BCUT2D eigenvalue weighted by Crippen LogP contribution is 2.00. The van der Waals surface area contributed by atoms with Crippen LogP contribution in [0.3, 0.4) is 0 Å². The van der Waals surface area contributed by atoms with E-state index in [1.807, 2.05) is 18.2 Å². The van der Waals surface area contributed by atoms with E-state index >= 15 is 0 Å². The van der Waals surface area contributed by atoms with Crippen molar-refractivity contribution in [3.8, 4) is 0 Å². The van der Waals surface area contributed by atoms with E-state index in [-0.39, 0.29) is 6.61 Å². The van der Waals surface area contributed by atoms with E-state index in [1.54, 1.807) is 17.6 Å². The normalized spacial score (nSPS) is 11.3. The molecule has 0 saturated heterocycles. The number of hydrogen-bond acceptors (Lipinski definition) is 5. The number of alkyl carbamates (subject to hydrolysis) is 1. The van der Waals surface area contributed by atoms with Crippen LogP contribution in [0.1, 0.15) is 12.5 Å². The smallest absolute Gasteiger partial charge is 0.408 e. The summed E-state index contributed by atoms with van der Waals surface area (Å²) in [6, 6.07) is 8.05. The molecule has 19 heavy (non-hydrogen) atoms. The van der Waals surface area contributed by atoms with Crippen LogP contribution in [0.4, 0.5) is 4.79 Å². The third-order valence-electron chi connectivity index (χ3n) is 2.30. The summed E-state index contributed by atoms with van der Waals surface area (Å²) in [7, 11) is 0. The Labute approximate surface area is 110 Å². The lowest BCUT2D eigenvalue weighted by atomic mass is 10.2. The lowest BCUT2D eigenvalue weighted by Gasteiger charge is -2.12. The molecule has 0 bridgehead atoms. The van der Waals surface area contributed by atoms with Crippen molar-refractivity contribution in [3.63, 3.8) is 0 Å². The number of Topliss-reactive ketones (excluding diaryl/α,β-unsaturated/α-hetero) is 1. The van der Waals surface area contributed by atoms with E-state index in [1.165, 1.54) is 6.92 Å². The van der Waals surface area contributed by atoms with Crippen LogP contribution in [0.2, 0.25) is 0 Å². The molecule has 2 amide bonds. The minimum Gasteiger partial charge on any atom is -0.445 e. The standard InChI is InChI=1S/C12H15N3O4/c1-8(10(16)11(17)15-13)14-12(18)19-7-9-5-3-2-4-6-9/h2-6,8H,7,13H2,1H3,(H,14,18)(H,15,17)/t8-/m0/s1. The molecule has 4 N–H and O–H groups in total. The van der Waals surface area contributed by atoms with E-state index in [4.69, 9.17) is 10.6 Å². The number of ether oxygens (including phenoxy) is 1. The van der Waals surface area contributed by atoms with Crippen molar-refractivity contribution in [1.82, 2.24) is 10.7 Å². The molecule has 0 saturated carbocycles. The van der Waals surface area contributed by atoms with Gasteiger partial charge in [0.1, 0.15) is 6.61 Å². The largest absolute Gasteiger partial charge is 0.445 e. The van der Waals surface area contributed by atoms with Gasteiger partial charge in [0.15, 0.2) is 0 Å². The van der Waals surface area contributed by atoms with Crippen LogP contribution in [0.25, 0.3) is 0 Å². The van der Waals surface area contributed by atoms with Gasteiger partial charge in [0.25, 0.3) is 0 Å². The number of amides is 2. The zero-order valence-electron chi connectivity index (χ0n) is 10.4. The second-order valence-electron chi connectivity index (χ2n) is 3.77. The number of carbonyl (C=O) groups excluding carboxylic acids is 3. The third kappa shape index (κ3) is 4.76. The highest BCUT2D eigenvalue weighted by Gasteiger charge is 2.22. The molecular weight excluding hydrogens is 250 g/mol. The van der Waals surface area contributed by atoms with Crippen LogP contribution in [-0.4, -0.2) is 23.8 Å². The average molecular weight is 265 g/mol. The molecule has 0 aromatic heterocycles. The first-order valence-electron chi connectivity index (χ1n) is 5.56. The van der Waals surface area contributed by atoms with Crippen molar-refractivity contribution < 1.29 is 19.1 Å². The summed E-state index contributed by atoms with van der Waals surface area (Å²) in [6.45, 7) is 1.44. The van der Waals surface area contributed by atoms with Crippen LogP contribution < -0.4 is 16.6 Å². The fourth-order valence-electron chi connectivity index (χ4n) is 1.27. The highest BCUT2D eigenvalue weighted by molar-refractivity contribution is 6.38. The van der Waals surface area contributed by atoms with Gasteiger partial charge in [0, 0.05) is 0 Å². The van der Waals surface area contributed by atoms with Gasteiger partial charge in [-0.15, -0.1) is 0 Å². The summed E-state index contributed by atoms with van der Waals surface area (Å²) < 4.78 is 4.90. The van der Waals surface area contributed by atoms with Crippen molar-refractivity contribution in [2.45, 2.75) is 19.6 Å². The van der Waals surface area contributed by atoms with Gasteiger partial charge in [0.05, 0.1) is 6.04 Å². The molecule has 1 atom stereocenters. The number of hydrogen-bond donors (Lipinski definition) is 3. The molecule has 0 fully saturated rings. The molecule has 0 heterocycles. The SMILES string of the molecule is C[C@H](NC(=O)OCc1ccccc1)C(=O)C(=O)NN. The van der Waals surface area contributed by atoms with Gasteiger partial charge < -0.3 is 10.1 Å². The number of carbonyl (C=O) groups is 3. The molecule has 0 spiro atoms. The van der Waals surface area contributed by atoms with Gasteiger partial charge in [-0.05, 0) is 12.5 Å². The first-order valence-corrected chi connectivity index (χ1v) is 5.56. The molecule has 0 unspecified atom stereocenters. The van der Waals surface area contributed by atoms with Crippen LogP contribution in [0.5, 0.6) is 0 Å². The zero-order valence-corrected chi connectivity index (χ0v) is 10.4. The molecule has 1 aromatic rings. The first-order chi connectivity index (χ1) is 9.04. The second-order valence-corrected chi connectivity index (χ2v) is 3.77. The van der Waals surface area contributed by atoms with Gasteiger partial charge in [-0.3, -0.25) is 15.0 Å². The molecule has 0 aliphatic rings. The van der Waals surface area contributed by atoms with Gasteiger partial charge in [-0.25, -0.2) is 10.6 Å². The van der Waals surface area contributed by atoms with Crippen molar-refractivity contribution in [3.05, 3.63) is 35.9 Å². The minimum absolute atomic E-state index is 0.0800. The number of nitrogens with two attached hydrogens (primary N) is 1. The first kappa shape index (κ1) is 14.7. The number of nitrogens with one attached hydrogen (secondary N) is 2. The van der Waals surface area contributed by atoms with Crippen molar-refractivity contribution in [1.29, 1.82) is 0 Å². The summed E-state index contributed by atoms with van der Waals surface area (Å²) in [5.74, 6) is 2.99. The fourth-order valence-corrected chi connectivity index (χ4v) is 1.27. The minimum atomic E-state index is -1.01. The molecule has 1 rings (SSSR count). The van der Waals surface area contributed by atoms with E-state index in [0.717, 1.165) is 5.56 Å². The molecule has 7 heteroatoms. The van der Waals surface area contributed by atoms with E-state index in [9.17, 15) is 14.4 Å². The maximum atomic E-state index is 11.4. The summed E-state index contributed by atoms with van der Waals surface area (Å²) >= 11 is 0. The molecule has 102 valence electrons. The molecule has 1 aromatic carbocycles. The lowest BCUT2D eigenvalue weighted by molar-refractivity contribution is -0.138.